The minimum absolute atomic E-state index is 0.212. The Bertz CT molecular complexity index is 601. The molecule has 1 spiro atoms. The Morgan fingerprint density at radius 2 is 2.15 bits per heavy atom. The molecule has 0 atom stereocenters. The van der Waals surface area contributed by atoms with Gasteiger partial charge in [-0.25, -0.2) is 0 Å². The van der Waals surface area contributed by atoms with Gasteiger partial charge in [-0.2, -0.15) is 5.11 Å². The van der Waals surface area contributed by atoms with Crippen molar-refractivity contribution in [3.63, 3.8) is 0 Å². The zero-order chi connectivity index (χ0) is 13.6. The van der Waals surface area contributed by atoms with E-state index in [1.807, 2.05) is 0 Å². The van der Waals surface area contributed by atoms with E-state index in [1.165, 1.54) is 5.57 Å². The topological polar surface area (TPSA) is 46.0 Å². The third-order valence-corrected chi connectivity index (χ3v) is 4.55. The Labute approximate surface area is 119 Å². The molecule has 4 rings (SSSR count). The maximum absolute atomic E-state index is 6.50. The SMILES string of the molecule is CCC1=C2C(=C3C=CCC=C3OC23CCNCC3)N=N1. The molecule has 4 nitrogen and oxygen atoms in total. The monoisotopic (exact) mass is 269 g/mol. The van der Waals surface area contributed by atoms with Gasteiger partial charge in [0.15, 0.2) is 0 Å². The molecule has 0 bridgehead atoms. The summed E-state index contributed by atoms with van der Waals surface area (Å²) in [6.45, 7) is 4.13. The zero-order valence-electron chi connectivity index (χ0n) is 11.8. The second-order valence-corrected chi connectivity index (χ2v) is 5.69. The van der Waals surface area contributed by atoms with Crippen molar-refractivity contribution in [2.75, 3.05) is 13.1 Å². The molecule has 1 aliphatic carbocycles. The normalized spacial score (nSPS) is 26.6. The minimum atomic E-state index is -0.212. The molecule has 4 aliphatic rings. The summed E-state index contributed by atoms with van der Waals surface area (Å²) in [4.78, 5) is 0. The van der Waals surface area contributed by atoms with Crippen molar-refractivity contribution < 1.29 is 4.74 Å². The van der Waals surface area contributed by atoms with Gasteiger partial charge < -0.3 is 10.1 Å². The van der Waals surface area contributed by atoms with Gasteiger partial charge in [0.25, 0.3) is 0 Å². The Kier molecular flexibility index (Phi) is 2.67. The number of nitrogens with one attached hydrogen (secondary N) is 1. The van der Waals surface area contributed by atoms with Gasteiger partial charge >= 0.3 is 0 Å². The van der Waals surface area contributed by atoms with Crippen LogP contribution >= 0.6 is 0 Å². The molecule has 0 unspecified atom stereocenters. The van der Waals surface area contributed by atoms with Crippen LogP contribution in [0.4, 0.5) is 0 Å². The van der Waals surface area contributed by atoms with Crippen molar-refractivity contribution in [1.82, 2.24) is 5.32 Å². The van der Waals surface area contributed by atoms with Crippen molar-refractivity contribution >= 4 is 0 Å². The van der Waals surface area contributed by atoms with Crippen LogP contribution in [-0.4, -0.2) is 18.7 Å². The number of nitrogens with zero attached hydrogens (tertiary/aromatic N) is 2. The number of hydrogen-bond donors (Lipinski definition) is 1. The molecule has 4 heteroatoms. The summed E-state index contributed by atoms with van der Waals surface area (Å²) in [5.41, 5.74) is 4.31. The second-order valence-electron chi connectivity index (χ2n) is 5.69. The highest BCUT2D eigenvalue weighted by molar-refractivity contribution is 5.58. The Morgan fingerprint density at radius 3 is 2.95 bits per heavy atom. The number of ether oxygens (including phenoxy) is 1. The molecule has 3 aliphatic heterocycles. The average Bonchev–Trinajstić information content (AvgIpc) is 2.94. The minimum Gasteiger partial charge on any atom is -0.482 e. The lowest BCUT2D eigenvalue weighted by Gasteiger charge is -2.43. The zero-order valence-corrected chi connectivity index (χ0v) is 11.8. The number of hydrogen-bond acceptors (Lipinski definition) is 4. The first-order valence-electron chi connectivity index (χ1n) is 7.51. The van der Waals surface area contributed by atoms with Crippen LogP contribution < -0.4 is 5.32 Å². The average molecular weight is 269 g/mol. The van der Waals surface area contributed by atoms with Crippen LogP contribution in [0, 0.1) is 0 Å². The predicted molar refractivity (Wildman–Crippen MR) is 77.0 cm³/mol. The first-order valence-corrected chi connectivity index (χ1v) is 7.51. The van der Waals surface area contributed by atoms with Gasteiger partial charge in [-0.05, 0) is 32.0 Å². The van der Waals surface area contributed by atoms with E-state index in [9.17, 15) is 0 Å². The van der Waals surface area contributed by atoms with Gasteiger partial charge in [-0.15, -0.1) is 5.11 Å². The summed E-state index contributed by atoms with van der Waals surface area (Å²) in [5, 5.41) is 12.3. The van der Waals surface area contributed by atoms with Gasteiger partial charge in [0, 0.05) is 24.0 Å². The summed E-state index contributed by atoms with van der Waals surface area (Å²) in [6, 6.07) is 0. The number of fused-ring (bicyclic) bond motifs is 3. The van der Waals surface area contributed by atoms with Gasteiger partial charge in [-0.1, -0.05) is 19.1 Å². The molecule has 1 N–H and O–H groups in total. The second kappa shape index (κ2) is 4.42. The molecule has 3 heterocycles. The van der Waals surface area contributed by atoms with E-state index in [2.05, 4.69) is 40.7 Å². The van der Waals surface area contributed by atoms with Crippen LogP contribution in [0.1, 0.15) is 32.6 Å². The van der Waals surface area contributed by atoms with Crippen LogP contribution in [0.2, 0.25) is 0 Å². The number of piperidine rings is 1. The first kappa shape index (κ1) is 12.1. The van der Waals surface area contributed by atoms with E-state index in [1.54, 1.807) is 0 Å². The van der Waals surface area contributed by atoms with E-state index in [0.717, 1.165) is 61.5 Å². The summed E-state index contributed by atoms with van der Waals surface area (Å²) in [5.74, 6) is 1.00. The smallest absolute Gasteiger partial charge is 0.140 e. The van der Waals surface area contributed by atoms with E-state index in [-0.39, 0.29) is 5.60 Å². The van der Waals surface area contributed by atoms with E-state index in [0.29, 0.717) is 0 Å². The number of azo groups is 1. The third-order valence-electron chi connectivity index (χ3n) is 4.55. The largest absolute Gasteiger partial charge is 0.482 e. The first-order chi connectivity index (χ1) is 9.84. The van der Waals surface area contributed by atoms with E-state index in [4.69, 9.17) is 4.74 Å². The molecule has 0 aromatic heterocycles. The molecule has 1 fully saturated rings. The van der Waals surface area contributed by atoms with Crippen molar-refractivity contribution in [1.29, 1.82) is 0 Å². The maximum Gasteiger partial charge on any atom is 0.140 e. The van der Waals surface area contributed by atoms with Crippen LogP contribution in [0.3, 0.4) is 0 Å². The van der Waals surface area contributed by atoms with Crippen LogP contribution in [0.15, 0.2) is 56.8 Å². The highest BCUT2D eigenvalue weighted by Gasteiger charge is 2.48. The standard InChI is InChI=1S/C16H19N3O/c1-2-12-14-15(19-18-12)11-5-3-4-6-13(11)20-16(14)7-9-17-10-8-16/h3,5-6,17H,2,4,7-10H2,1H3. The predicted octanol–water partition coefficient (Wildman–Crippen LogP) is 3.37. The van der Waals surface area contributed by atoms with E-state index >= 15 is 0 Å². The molecule has 0 saturated carbocycles. The number of rotatable bonds is 1. The van der Waals surface area contributed by atoms with Gasteiger partial charge in [-0.3, -0.25) is 0 Å². The molecule has 0 aromatic carbocycles. The van der Waals surface area contributed by atoms with E-state index < -0.39 is 0 Å². The fraction of sp³-hybridized carbons (Fsp3) is 0.500. The Balaban J connectivity index is 1.92. The molecule has 0 aromatic rings. The highest BCUT2D eigenvalue weighted by atomic mass is 16.5. The molecule has 20 heavy (non-hydrogen) atoms. The van der Waals surface area contributed by atoms with Gasteiger partial charge in [0.05, 0.1) is 5.70 Å². The summed E-state index contributed by atoms with van der Waals surface area (Å²) < 4.78 is 6.50. The Morgan fingerprint density at radius 1 is 1.30 bits per heavy atom. The molecule has 104 valence electrons. The Hall–Kier alpha value is -1.68. The van der Waals surface area contributed by atoms with Crippen LogP contribution in [-0.2, 0) is 4.74 Å². The van der Waals surface area contributed by atoms with Gasteiger partial charge in [0.2, 0.25) is 0 Å². The molecular weight excluding hydrogens is 250 g/mol. The lowest BCUT2D eigenvalue weighted by molar-refractivity contribution is 0.00800. The van der Waals surface area contributed by atoms with Crippen LogP contribution in [0.25, 0.3) is 0 Å². The van der Waals surface area contributed by atoms with Crippen LogP contribution in [0.5, 0.6) is 0 Å². The molecule has 0 radical (unpaired) electrons. The fourth-order valence-electron chi connectivity index (χ4n) is 3.55. The molecular formula is C16H19N3O. The lowest BCUT2D eigenvalue weighted by Crippen LogP contribution is -2.47. The summed E-state index contributed by atoms with van der Waals surface area (Å²) in [7, 11) is 0. The summed E-state index contributed by atoms with van der Waals surface area (Å²) in [6.07, 6.45) is 10.3. The van der Waals surface area contributed by atoms with Crippen molar-refractivity contribution in [3.8, 4) is 0 Å². The fourth-order valence-corrected chi connectivity index (χ4v) is 3.55. The highest BCUT2D eigenvalue weighted by Crippen LogP contribution is 2.50. The van der Waals surface area contributed by atoms with Crippen molar-refractivity contribution in [2.45, 2.75) is 38.2 Å². The number of allylic oxidation sites excluding steroid dienone is 4. The van der Waals surface area contributed by atoms with Crippen molar-refractivity contribution in [2.24, 2.45) is 10.2 Å². The quantitative estimate of drug-likeness (QED) is 0.793. The summed E-state index contributed by atoms with van der Waals surface area (Å²) >= 11 is 0. The molecule has 1 saturated heterocycles. The van der Waals surface area contributed by atoms with Gasteiger partial charge in [0.1, 0.15) is 17.1 Å². The molecule has 0 amide bonds. The lowest BCUT2D eigenvalue weighted by atomic mass is 9.78. The maximum atomic E-state index is 6.50. The third kappa shape index (κ3) is 1.57. The van der Waals surface area contributed by atoms with Crippen molar-refractivity contribution in [3.05, 3.63) is 46.5 Å².